The van der Waals surface area contributed by atoms with Crippen LogP contribution in [0.1, 0.15) is 36.7 Å². The minimum absolute atomic E-state index is 0.0270. The molecule has 0 fully saturated rings. The SMILES string of the molecule is CCC(C(=O)Nc1ccc(C(C)=O)cc1)n1c(N)nnc1SCC(=O)OC. The second-order valence-corrected chi connectivity index (χ2v) is 6.56. The number of nitrogens with zero attached hydrogens (tertiary/aromatic N) is 3. The maximum absolute atomic E-state index is 12.7. The Labute approximate surface area is 160 Å². The van der Waals surface area contributed by atoms with Gasteiger partial charge in [-0.2, -0.15) is 0 Å². The fourth-order valence-corrected chi connectivity index (χ4v) is 3.18. The summed E-state index contributed by atoms with van der Waals surface area (Å²) in [5.41, 5.74) is 7.00. The number of benzene rings is 1. The highest BCUT2D eigenvalue weighted by Crippen LogP contribution is 2.26. The van der Waals surface area contributed by atoms with E-state index in [9.17, 15) is 14.4 Å². The van der Waals surface area contributed by atoms with Gasteiger partial charge in [0.05, 0.1) is 12.9 Å². The van der Waals surface area contributed by atoms with Crippen molar-refractivity contribution in [3.63, 3.8) is 0 Å². The van der Waals surface area contributed by atoms with Crippen LogP contribution in [0.15, 0.2) is 29.4 Å². The fraction of sp³-hybridized carbons (Fsp3) is 0.353. The second-order valence-electron chi connectivity index (χ2n) is 5.62. The quantitative estimate of drug-likeness (QED) is 0.397. The predicted molar refractivity (Wildman–Crippen MR) is 102 cm³/mol. The van der Waals surface area contributed by atoms with Gasteiger partial charge >= 0.3 is 5.97 Å². The summed E-state index contributed by atoms with van der Waals surface area (Å²) in [6.45, 7) is 3.31. The monoisotopic (exact) mass is 391 g/mol. The summed E-state index contributed by atoms with van der Waals surface area (Å²) in [5.74, 6) is -0.671. The van der Waals surface area contributed by atoms with Gasteiger partial charge in [0, 0.05) is 11.3 Å². The first-order valence-electron chi connectivity index (χ1n) is 8.19. The van der Waals surface area contributed by atoms with Crippen molar-refractivity contribution >= 4 is 41.1 Å². The number of nitrogen functional groups attached to an aromatic ring is 1. The molecule has 144 valence electrons. The van der Waals surface area contributed by atoms with Crippen LogP contribution in [0.4, 0.5) is 11.6 Å². The van der Waals surface area contributed by atoms with Gasteiger partial charge in [-0.25, -0.2) is 0 Å². The van der Waals surface area contributed by atoms with Crippen LogP contribution in [0, 0.1) is 0 Å². The van der Waals surface area contributed by atoms with Gasteiger partial charge in [-0.1, -0.05) is 18.7 Å². The molecule has 1 atom stereocenters. The largest absolute Gasteiger partial charge is 0.468 e. The third-order valence-electron chi connectivity index (χ3n) is 3.80. The molecule has 1 heterocycles. The number of carbonyl (C=O) groups excluding carboxylic acids is 3. The number of hydrogen-bond donors (Lipinski definition) is 2. The molecule has 0 saturated carbocycles. The minimum atomic E-state index is -0.660. The van der Waals surface area contributed by atoms with E-state index >= 15 is 0 Å². The summed E-state index contributed by atoms with van der Waals surface area (Å²) in [7, 11) is 1.29. The maximum Gasteiger partial charge on any atom is 0.316 e. The van der Waals surface area contributed by atoms with Crippen molar-refractivity contribution in [1.29, 1.82) is 0 Å². The molecule has 27 heavy (non-hydrogen) atoms. The molecule has 9 nitrogen and oxygen atoms in total. The summed E-state index contributed by atoms with van der Waals surface area (Å²) in [4.78, 5) is 35.4. The highest BCUT2D eigenvalue weighted by molar-refractivity contribution is 7.99. The Hall–Kier alpha value is -2.88. The average Bonchev–Trinajstić information content (AvgIpc) is 3.01. The third kappa shape index (κ3) is 5.07. The number of thioether (sulfide) groups is 1. The zero-order chi connectivity index (χ0) is 20.0. The lowest BCUT2D eigenvalue weighted by atomic mass is 10.1. The molecule has 2 rings (SSSR count). The van der Waals surface area contributed by atoms with Crippen molar-refractivity contribution in [3.05, 3.63) is 29.8 Å². The van der Waals surface area contributed by atoms with E-state index in [-0.39, 0.29) is 23.4 Å². The van der Waals surface area contributed by atoms with Crippen LogP contribution >= 0.6 is 11.8 Å². The van der Waals surface area contributed by atoms with E-state index in [1.165, 1.54) is 18.6 Å². The normalized spacial score (nSPS) is 11.7. The van der Waals surface area contributed by atoms with Crippen molar-refractivity contribution in [2.45, 2.75) is 31.5 Å². The Morgan fingerprint density at radius 3 is 2.48 bits per heavy atom. The lowest BCUT2D eigenvalue weighted by Crippen LogP contribution is -2.27. The summed E-state index contributed by atoms with van der Waals surface area (Å²) in [6.07, 6.45) is 0.436. The Kier molecular flexibility index (Phi) is 6.94. The van der Waals surface area contributed by atoms with E-state index in [0.717, 1.165) is 11.8 Å². The number of nitrogens with two attached hydrogens (primary N) is 1. The van der Waals surface area contributed by atoms with Crippen LogP contribution in [0.2, 0.25) is 0 Å². The molecule has 0 saturated heterocycles. The Balaban J connectivity index is 2.18. The summed E-state index contributed by atoms with van der Waals surface area (Å²) >= 11 is 1.09. The highest BCUT2D eigenvalue weighted by Gasteiger charge is 2.25. The molecule has 0 aliphatic rings. The number of ether oxygens (including phenoxy) is 1. The molecule has 1 aromatic carbocycles. The molecule has 2 aromatic rings. The van der Waals surface area contributed by atoms with Gasteiger partial charge in [0.15, 0.2) is 10.9 Å². The Morgan fingerprint density at radius 2 is 1.93 bits per heavy atom. The van der Waals surface area contributed by atoms with Crippen molar-refractivity contribution in [2.24, 2.45) is 0 Å². The number of carbonyl (C=O) groups is 3. The smallest absolute Gasteiger partial charge is 0.316 e. The van der Waals surface area contributed by atoms with E-state index in [1.54, 1.807) is 24.3 Å². The molecule has 0 aliphatic carbocycles. The fourth-order valence-electron chi connectivity index (χ4n) is 2.36. The molecule has 10 heteroatoms. The molecule has 0 radical (unpaired) electrons. The number of hydrogen-bond acceptors (Lipinski definition) is 8. The topological polar surface area (TPSA) is 129 Å². The molecule has 1 amide bonds. The first-order valence-corrected chi connectivity index (χ1v) is 9.17. The van der Waals surface area contributed by atoms with E-state index in [1.807, 2.05) is 6.92 Å². The maximum atomic E-state index is 12.7. The number of amides is 1. The first-order chi connectivity index (χ1) is 12.9. The Bertz CT molecular complexity index is 834. The van der Waals surface area contributed by atoms with E-state index in [4.69, 9.17) is 5.73 Å². The van der Waals surface area contributed by atoms with Crippen LogP contribution in [0.25, 0.3) is 0 Å². The second kappa shape index (κ2) is 9.17. The highest BCUT2D eigenvalue weighted by atomic mass is 32.2. The average molecular weight is 391 g/mol. The number of aromatic nitrogens is 3. The lowest BCUT2D eigenvalue weighted by molar-refractivity contribution is -0.137. The summed E-state index contributed by atoms with van der Waals surface area (Å²) in [5, 5.41) is 10.9. The number of rotatable bonds is 8. The van der Waals surface area contributed by atoms with Crippen LogP contribution in [0.3, 0.4) is 0 Å². The number of methoxy groups -OCH3 is 1. The van der Waals surface area contributed by atoms with Crippen molar-refractivity contribution < 1.29 is 19.1 Å². The number of ketones is 1. The molecular weight excluding hydrogens is 370 g/mol. The molecular formula is C17H21N5O4S. The van der Waals surface area contributed by atoms with E-state index in [2.05, 4.69) is 20.3 Å². The van der Waals surface area contributed by atoms with Gasteiger partial charge < -0.3 is 15.8 Å². The van der Waals surface area contributed by atoms with Gasteiger partial charge in [-0.3, -0.25) is 19.0 Å². The van der Waals surface area contributed by atoms with Crippen LogP contribution < -0.4 is 11.1 Å². The zero-order valence-corrected chi connectivity index (χ0v) is 16.1. The van der Waals surface area contributed by atoms with Crippen LogP contribution in [-0.4, -0.2) is 45.3 Å². The van der Waals surface area contributed by atoms with Gasteiger partial charge in [0.25, 0.3) is 0 Å². The molecule has 0 aliphatic heterocycles. The first kappa shape index (κ1) is 20.4. The lowest BCUT2D eigenvalue weighted by Gasteiger charge is -2.19. The van der Waals surface area contributed by atoms with Gasteiger partial charge in [0.1, 0.15) is 6.04 Å². The molecule has 1 aromatic heterocycles. The standard InChI is InChI=1S/C17H21N5O4S/c1-4-13(15(25)19-12-7-5-11(6-8-12)10(2)23)22-16(18)20-21-17(22)27-9-14(24)26-3/h5-8,13H,4,9H2,1-3H3,(H2,18,20)(H,19,25). The van der Waals surface area contributed by atoms with E-state index < -0.39 is 12.0 Å². The van der Waals surface area contributed by atoms with Crippen molar-refractivity contribution in [1.82, 2.24) is 14.8 Å². The molecule has 1 unspecified atom stereocenters. The predicted octanol–water partition coefficient (Wildman–Crippen LogP) is 1.92. The summed E-state index contributed by atoms with van der Waals surface area (Å²) < 4.78 is 6.10. The van der Waals surface area contributed by atoms with Gasteiger partial charge in [-0.05, 0) is 37.6 Å². The number of anilines is 2. The van der Waals surface area contributed by atoms with Gasteiger partial charge in [0.2, 0.25) is 11.9 Å². The van der Waals surface area contributed by atoms with Crippen LogP contribution in [0.5, 0.6) is 0 Å². The summed E-state index contributed by atoms with van der Waals surface area (Å²) in [6, 6.07) is 5.94. The number of Topliss-reactive ketones (excluding diaryl/α,β-unsaturated/α-hetero) is 1. The van der Waals surface area contributed by atoms with Crippen molar-refractivity contribution in [2.75, 3.05) is 23.9 Å². The minimum Gasteiger partial charge on any atom is -0.468 e. The van der Waals surface area contributed by atoms with Gasteiger partial charge in [-0.15, -0.1) is 10.2 Å². The van der Waals surface area contributed by atoms with Crippen LogP contribution in [-0.2, 0) is 14.3 Å². The zero-order valence-electron chi connectivity index (χ0n) is 15.3. The number of esters is 1. The van der Waals surface area contributed by atoms with Crippen molar-refractivity contribution in [3.8, 4) is 0 Å². The third-order valence-corrected chi connectivity index (χ3v) is 4.71. The Morgan fingerprint density at radius 1 is 1.26 bits per heavy atom. The molecule has 3 N–H and O–H groups in total. The molecule has 0 spiro atoms. The molecule has 0 bridgehead atoms. The van der Waals surface area contributed by atoms with E-state index in [0.29, 0.717) is 22.8 Å². The number of nitrogens with one attached hydrogen (secondary N) is 1.